The fourth-order valence-electron chi connectivity index (χ4n) is 3.93. The van der Waals surface area contributed by atoms with Gasteiger partial charge >= 0.3 is 0 Å². The Balaban J connectivity index is 1.93. The third kappa shape index (κ3) is 4.96. The number of carbonyl (C=O) groups is 2. The molecule has 2 heterocycles. The van der Waals surface area contributed by atoms with Crippen LogP contribution in [-0.4, -0.2) is 54.0 Å². The number of nitrogens with zero attached hydrogens (tertiary/aromatic N) is 2. The quantitative estimate of drug-likeness (QED) is 0.460. The Morgan fingerprint density at radius 1 is 1.21 bits per heavy atom. The van der Waals surface area contributed by atoms with E-state index in [1.165, 1.54) is 4.90 Å². The maximum Gasteiger partial charge on any atom is 0.277 e. The van der Waals surface area contributed by atoms with E-state index in [-0.39, 0.29) is 17.9 Å². The first-order valence-electron chi connectivity index (χ1n) is 10.2. The van der Waals surface area contributed by atoms with Crippen molar-refractivity contribution in [1.29, 1.82) is 0 Å². The molecule has 1 aromatic carbocycles. The van der Waals surface area contributed by atoms with Crippen LogP contribution in [-0.2, 0) is 14.3 Å². The number of piperidine rings is 1. The highest BCUT2D eigenvalue weighted by atomic mass is 35.5. The van der Waals surface area contributed by atoms with Gasteiger partial charge in [0.1, 0.15) is 5.70 Å². The summed E-state index contributed by atoms with van der Waals surface area (Å²) in [5.41, 5.74) is 1.41. The summed E-state index contributed by atoms with van der Waals surface area (Å²) in [4.78, 5) is 30.0. The van der Waals surface area contributed by atoms with Crippen molar-refractivity contribution in [2.75, 3.05) is 26.2 Å². The molecule has 0 aliphatic carbocycles. The summed E-state index contributed by atoms with van der Waals surface area (Å²) in [5.74, 6) is -0.0683. The maximum absolute atomic E-state index is 13.3. The molecule has 1 aromatic rings. The van der Waals surface area contributed by atoms with E-state index in [4.69, 9.17) is 27.9 Å². The molecule has 0 aromatic heterocycles. The number of ether oxygens (including phenoxy) is 1. The third-order valence-corrected chi connectivity index (χ3v) is 5.84. The fourth-order valence-corrected chi connectivity index (χ4v) is 4.43. The van der Waals surface area contributed by atoms with Gasteiger partial charge in [-0.1, -0.05) is 36.2 Å². The lowest BCUT2D eigenvalue weighted by molar-refractivity contribution is -0.137. The van der Waals surface area contributed by atoms with Crippen LogP contribution in [0.2, 0.25) is 10.0 Å². The van der Waals surface area contributed by atoms with Crippen molar-refractivity contribution in [3.8, 4) is 0 Å². The maximum atomic E-state index is 13.3. The van der Waals surface area contributed by atoms with Crippen LogP contribution in [0, 0.1) is 5.92 Å². The van der Waals surface area contributed by atoms with Crippen LogP contribution in [0.4, 0.5) is 0 Å². The minimum atomic E-state index is -0.294. The van der Waals surface area contributed by atoms with Crippen molar-refractivity contribution in [2.24, 2.45) is 5.92 Å². The highest BCUT2D eigenvalue weighted by molar-refractivity contribution is 6.41. The average Bonchev–Trinajstić information content (AvgIpc) is 2.89. The monoisotopic (exact) mass is 438 g/mol. The van der Waals surface area contributed by atoms with Crippen molar-refractivity contribution in [3.05, 3.63) is 39.5 Å². The van der Waals surface area contributed by atoms with E-state index in [2.05, 4.69) is 11.8 Å². The molecular formula is C22H28Cl2N2O3. The van der Waals surface area contributed by atoms with Gasteiger partial charge in [-0.2, -0.15) is 0 Å². The Labute approximate surface area is 182 Å². The molecule has 5 nitrogen and oxygen atoms in total. The average molecular weight is 439 g/mol. The first-order chi connectivity index (χ1) is 13.8. The molecule has 0 radical (unpaired) electrons. The van der Waals surface area contributed by atoms with Crippen molar-refractivity contribution in [2.45, 2.75) is 46.1 Å². The molecule has 158 valence electrons. The van der Waals surface area contributed by atoms with Crippen molar-refractivity contribution in [3.63, 3.8) is 0 Å². The van der Waals surface area contributed by atoms with Crippen LogP contribution < -0.4 is 0 Å². The van der Waals surface area contributed by atoms with E-state index in [1.54, 1.807) is 18.2 Å². The normalized spacial score (nSPS) is 20.4. The van der Waals surface area contributed by atoms with E-state index in [9.17, 15) is 9.59 Å². The van der Waals surface area contributed by atoms with Gasteiger partial charge in [-0.15, -0.1) is 0 Å². The highest BCUT2D eigenvalue weighted by Gasteiger charge is 2.42. The van der Waals surface area contributed by atoms with E-state index in [0.717, 1.165) is 25.9 Å². The third-order valence-electron chi connectivity index (χ3n) is 5.29. The Morgan fingerprint density at radius 2 is 1.97 bits per heavy atom. The molecule has 2 aliphatic rings. The van der Waals surface area contributed by atoms with Crippen LogP contribution >= 0.6 is 23.2 Å². The largest absolute Gasteiger partial charge is 0.379 e. The molecular weight excluding hydrogens is 411 g/mol. The Kier molecular flexibility index (Phi) is 7.25. The molecule has 29 heavy (non-hydrogen) atoms. The van der Waals surface area contributed by atoms with E-state index < -0.39 is 0 Å². The summed E-state index contributed by atoms with van der Waals surface area (Å²) < 4.78 is 5.56. The Bertz CT molecular complexity index is 822. The summed E-state index contributed by atoms with van der Waals surface area (Å²) in [6.07, 6.45) is 2.84. The smallest absolute Gasteiger partial charge is 0.277 e. The summed E-state index contributed by atoms with van der Waals surface area (Å²) >= 11 is 12.5. The predicted octanol–water partition coefficient (Wildman–Crippen LogP) is 4.62. The Hall–Kier alpha value is -1.56. The van der Waals surface area contributed by atoms with Crippen LogP contribution in [0.3, 0.4) is 0 Å². The zero-order chi connectivity index (χ0) is 21.1. The van der Waals surface area contributed by atoms with Gasteiger partial charge in [0.25, 0.3) is 11.8 Å². The number of amides is 2. The van der Waals surface area contributed by atoms with Gasteiger partial charge < -0.3 is 9.64 Å². The molecule has 0 N–H and O–H groups in total. The van der Waals surface area contributed by atoms with E-state index in [0.29, 0.717) is 52.4 Å². The van der Waals surface area contributed by atoms with Gasteiger partial charge in [0, 0.05) is 36.8 Å². The number of hydrogen-bond donors (Lipinski definition) is 0. The number of imide groups is 1. The lowest BCUT2D eigenvalue weighted by atomic mass is 9.97. The predicted molar refractivity (Wildman–Crippen MR) is 116 cm³/mol. The lowest BCUT2D eigenvalue weighted by Crippen LogP contribution is -2.39. The summed E-state index contributed by atoms with van der Waals surface area (Å²) in [6, 6.07) is 5.03. The molecule has 2 amide bonds. The second kappa shape index (κ2) is 9.50. The first-order valence-corrected chi connectivity index (χ1v) is 11.0. The van der Waals surface area contributed by atoms with Gasteiger partial charge in [0.05, 0.1) is 16.7 Å². The number of benzene rings is 1. The molecule has 1 fully saturated rings. The molecule has 1 atom stereocenters. The van der Waals surface area contributed by atoms with Crippen LogP contribution in [0.25, 0.3) is 5.57 Å². The van der Waals surface area contributed by atoms with Gasteiger partial charge in [-0.05, 0) is 51.2 Å². The summed E-state index contributed by atoms with van der Waals surface area (Å²) in [6.45, 7) is 8.44. The number of likely N-dealkylation sites (tertiary alicyclic amines) is 1. The second-order valence-corrected chi connectivity index (χ2v) is 8.92. The molecule has 1 saturated heterocycles. The number of rotatable bonds is 7. The minimum Gasteiger partial charge on any atom is -0.379 e. The van der Waals surface area contributed by atoms with E-state index in [1.807, 2.05) is 13.8 Å². The van der Waals surface area contributed by atoms with Gasteiger partial charge in [-0.25, -0.2) is 0 Å². The Morgan fingerprint density at radius 3 is 2.62 bits per heavy atom. The number of halogens is 2. The van der Waals surface area contributed by atoms with Crippen molar-refractivity contribution in [1.82, 2.24) is 9.80 Å². The van der Waals surface area contributed by atoms with E-state index >= 15 is 0 Å². The summed E-state index contributed by atoms with van der Waals surface area (Å²) in [5, 5.41) is 0.869. The number of carbonyl (C=O) groups excluding carboxylic acids is 2. The van der Waals surface area contributed by atoms with Gasteiger partial charge in [0.15, 0.2) is 0 Å². The topological polar surface area (TPSA) is 49.9 Å². The zero-order valence-electron chi connectivity index (χ0n) is 17.2. The van der Waals surface area contributed by atoms with Crippen LogP contribution in [0.1, 0.15) is 45.6 Å². The van der Waals surface area contributed by atoms with Gasteiger partial charge in [-0.3, -0.25) is 14.5 Å². The standard InChI is InChI=1S/C22H28Cl2N2O3/c1-14(2)29-11-5-10-26-21(27)19(17-8-7-16(23)12-18(17)24)20(22(26)28)25-9-4-6-15(3)13-25/h7-8,12,14-15H,4-6,9-11,13H2,1-3H3. The molecule has 2 aliphatic heterocycles. The molecule has 7 heteroatoms. The van der Waals surface area contributed by atoms with Gasteiger partial charge in [0.2, 0.25) is 0 Å². The molecule has 0 spiro atoms. The van der Waals surface area contributed by atoms with Crippen LogP contribution in [0.5, 0.6) is 0 Å². The van der Waals surface area contributed by atoms with Crippen molar-refractivity contribution >= 4 is 40.6 Å². The highest BCUT2D eigenvalue weighted by Crippen LogP contribution is 2.37. The lowest BCUT2D eigenvalue weighted by Gasteiger charge is -2.33. The molecule has 3 rings (SSSR count). The fraction of sp³-hybridized carbons (Fsp3) is 0.545. The molecule has 0 saturated carbocycles. The van der Waals surface area contributed by atoms with Crippen molar-refractivity contribution < 1.29 is 14.3 Å². The van der Waals surface area contributed by atoms with Crippen LogP contribution in [0.15, 0.2) is 23.9 Å². The molecule has 0 bridgehead atoms. The first kappa shape index (κ1) is 22.1. The zero-order valence-corrected chi connectivity index (χ0v) is 18.7. The molecule has 1 unspecified atom stereocenters. The second-order valence-electron chi connectivity index (χ2n) is 8.08. The SMILES string of the molecule is CC1CCCN(C2=C(c3ccc(Cl)cc3Cl)C(=O)N(CCCOC(C)C)C2=O)C1. The number of hydrogen-bond acceptors (Lipinski definition) is 4. The summed E-state index contributed by atoms with van der Waals surface area (Å²) in [7, 11) is 0. The minimum absolute atomic E-state index is 0.118.